The molecule has 78 heavy (non-hydrogen) atoms. The predicted molar refractivity (Wildman–Crippen MR) is 334 cm³/mol. The summed E-state index contributed by atoms with van der Waals surface area (Å²) in [5.41, 5.74) is 0. The summed E-state index contributed by atoms with van der Waals surface area (Å²) in [5.74, 6) is -0.865. The first-order valence-corrected chi connectivity index (χ1v) is 31.7. The fraction of sp³-hybridized carbons (Fsp3) is 0.588. The summed E-state index contributed by atoms with van der Waals surface area (Å²) in [4.78, 5) is 35.7. The van der Waals surface area contributed by atoms with Gasteiger partial charge in [0.25, 0.3) is 0 Å². The number of phosphoric acid groups is 1. The van der Waals surface area contributed by atoms with Crippen LogP contribution in [0, 0.1) is 0 Å². The Morgan fingerprint density at radius 2 is 0.692 bits per heavy atom. The number of ether oxygens (including phenoxy) is 2. The molecule has 0 aliphatic rings. The molecule has 0 aromatic rings. The number of allylic oxidation sites excluding steroid dienone is 26. The molecule has 2 unspecified atom stereocenters. The first-order valence-electron chi connectivity index (χ1n) is 30.2. The average Bonchev–Trinajstić information content (AvgIpc) is 3.41. The van der Waals surface area contributed by atoms with Gasteiger partial charge in [-0.15, -0.1) is 0 Å². The highest BCUT2D eigenvalue weighted by molar-refractivity contribution is 7.47. The summed E-state index contributed by atoms with van der Waals surface area (Å²) < 4.78 is 34.5. The molecule has 0 radical (unpaired) electrons. The zero-order valence-electron chi connectivity index (χ0n) is 49.8. The molecule has 0 spiro atoms. The number of hydrogen-bond donors (Lipinski definition) is 1. The van der Waals surface area contributed by atoms with E-state index in [0.29, 0.717) is 17.4 Å². The molecule has 1 N–H and O–H groups in total. The molecule has 0 saturated carbocycles. The Balaban J connectivity index is 4.29. The molecule has 0 aromatic carbocycles. The van der Waals surface area contributed by atoms with E-state index in [2.05, 4.69) is 172 Å². The van der Waals surface area contributed by atoms with Crippen LogP contribution in [0.2, 0.25) is 0 Å². The molecule has 0 heterocycles. The lowest BCUT2D eigenvalue weighted by molar-refractivity contribution is -0.870. The highest BCUT2D eigenvalue weighted by Gasteiger charge is 2.27. The third-order valence-electron chi connectivity index (χ3n) is 12.1. The lowest BCUT2D eigenvalue weighted by Crippen LogP contribution is -2.37. The standard InChI is InChI=1S/C68H110NO8P/c1-6-8-10-12-14-16-18-20-22-24-26-28-30-32-34-36-38-40-42-44-46-48-50-52-54-56-58-60-67(70)74-64-66(65-76-78(72,73)75-63-62-69(3,4)5)77-68(71)61-59-57-55-53-51-49-47-45-43-41-39-37-35-33-31-29-27-25-23-21-19-17-15-13-11-9-7-2/h8-11,14-17,20-23,26-29,32-35,39,41,45,47,51,53,66H,6-7,12-13,18-19,24-25,30-31,36-38,40,42-44,46,48-50,52,54-65H2,1-5H3/p+1/b10-8-,11-9-,16-14-,17-15-,22-20-,23-21-,28-26-,29-27-,34-32-,35-33-,41-39-,47-45-,53-51-. The second-order valence-electron chi connectivity index (χ2n) is 20.6. The van der Waals surface area contributed by atoms with Gasteiger partial charge in [0.15, 0.2) is 6.10 Å². The summed E-state index contributed by atoms with van der Waals surface area (Å²) >= 11 is 0. The molecule has 0 rings (SSSR count). The van der Waals surface area contributed by atoms with E-state index in [-0.39, 0.29) is 32.0 Å². The van der Waals surface area contributed by atoms with Crippen molar-refractivity contribution in [3.63, 3.8) is 0 Å². The molecular weight excluding hydrogens is 990 g/mol. The zero-order valence-corrected chi connectivity index (χ0v) is 50.7. The molecule has 0 bridgehead atoms. The number of hydrogen-bond acceptors (Lipinski definition) is 7. The van der Waals surface area contributed by atoms with Crippen molar-refractivity contribution in [2.75, 3.05) is 47.5 Å². The van der Waals surface area contributed by atoms with Crippen molar-refractivity contribution in [2.24, 2.45) is 0 Å². The molecule has 0 amide bonds. The van der Waals surface area contributed by atoms with Crippen LogP contribution in [0.5, 0.6) is 0 Å². The van der Waals surface area contributed by atoms with E-state index in [4.69, 9.17) is 18.5 Å². The third kappa shape index (κ3) is 60.9. The largest absolute Gasteiger partial charge is 0.472 e. The molecule has 0 aliphatic carbocycles. The number of quaternary nitrogens is 1. The van der Waals surface area contributed by atoms with Crippen LogP contribution in [0.25, 0.3) is 0 Å². The topological polar surface area (TPSA) is 108 Å². The number of rotatable bonds is 53. The normalized spacial score (nSPS) is 14.4. The van der Waals surface area contributed by atoms with Crippen LogP contribution in [-0.4, -0.2) is 74.9 Å². The van der Waals surface area contributed by atoms with E-state index in [1.807, 2.05) is 21.1 Å². The van der Waals surface area contributed by atoms with Gasteiger partial charge in [-0.05, 0) is 122 Å². The Bertz CT molecular complexity index is 1870. The molecule has 440 valence electrons. The van der Waals surface area contributed by atoms with Gasteiger partial charge in [-0.25, -0.2) is 4.57 Å². The molecular formula is C68H111NO8P+. The summed E-state index contributed by atoms with van der Waals surface area (Å²) in [6.07, 6.45) is 86.0. The Morgan fingerprint density at radius 3 is 1.05 bits per heavy atom. The van der Waals surface area contributed by atoms with Gasteiger partial charge in [0.1, 0.15) is 19.8 Å². The van der Waals surface area contributed by atoms with Gasteiger partial charge in [-0.1, -0.05) is 230 Å². The lowest BCUT2D eigenvalue weighted by atomic mass is 10.0. The lowest BCUT2D eigenvalue weighted by Gasteiger charge is -2.24. The number of esters is 2. The highest BCUT2D eigenvalue weighted by Crippen LogP contribution is 2.43. The van der Waals surface area contributed by atoms with Gasteiger partial charge in [0.2, 0.25) is 0 Å². The Hall–Kier alpha value is -4.37. The maximum Gasteiger partial charge on any atom is 0.472 e. The van der Waals surface area contributed by atoms with Gasteiger partial charge in [-0.2, -0.15) is 0 Å². The highest BCUT2D eigenvalue weighted by atomic mass is 31.2. The smallest absolute Gasteiger partial charge is 0.462 e. The molecule has 2 atom stereocenters. The van der Waals surface area contributed by atoms with Gasteiger partial charge < -0.3 is 18.9 Å². The van der Waals surface area contributed by atoms with Gasteiger partial charge in [0, 0.05) is 12.8 Å². The zero-order chi connectivity index (χ0) is 57.0. The SMILES string of the molecule is CC/C=C\C/C=C\C/C=C\C/C=C\C/C=C\C/C=C\C/C=C\C/C=C\CCCCC(=O)OC(COC(=O)CCCCCCCCCCCCC/C=C\C/C=C\C/C=C\C/C=C\C/C=C\CC)COP(=O)(O)OCC[N+](C)(C)C. The number of carbonyl (C=O) groups is 2. The van der Waals surface area contributed by atoms with Gasteiger partial charge in [-0.3, -0.25) is 18.6 Å². The fourth-order valence-electron chi connectivity index (χ4n) is 7.47. The van der Waals surface area contributed by atoms with Gasteiger partial charge in [0.05, 0.1) is 27.7 Å². The molecule has 0 aliphatic heterocycles. The third-order valence-corrected chi connectivity index (χ3v) is 13.0. The molecule has 0 aromatic heterocycles. The van der Waals surface area contributed by atoms with Gasteiger partial charge >= 0.3 is 19.8 Å². The second-order valence-corrected chi connectivity index (χ2v) is 22.1. The van der Waals surface area contributed by atoms with E-state index in [1.54, 1.807) is 0 Å². The van der Waals surface area contributed by atoms with E-state index in [1.165, 1.54) is 44.9 Å². The summed E-state index contributed by atoms with van der Waals surface area (Å²) in [7, 11) is 1.42. The second kappa shape index (κ2) is 57.3. The van der Waals surface area contributed by atoms with Crippen LogP contribution in [-0.2, 0) is 32.7 Å². The van der Waals surface area contributed by atoms with E-state index >= 15 is 0 Å². The van der Waals surface area contributed by atoms with Crippen molar-refractivity contribution in [1.29, 1.82) is 0 Å². The van der Waals surface area contributed by atoms with Crippen LogP contribution < -0.4 is 0 Å². The van der Waals surface area contributed by atoms with Crippen LogP contribution in [0.4, 0.5) is 0 Å². The molecule has 10 heteroatoms. The molecule has 0 fully saturated rings. The number of carbonyl (C=O) groups excluding carboxylic acids is 2. The Kier molecular flexibility index (Phi) is 54.1. The number of likely N-dealkylation sites (N-methyl/N-ethyl adjacent to an activating group) is 1. The number of phosphoric ester groups is 1. The minimum atomic E-state index is -4.41. The Morgan fingerprint density at radius 1 is 0.397 bits per heavy atom. The van der Waals surface area contributed by atoms with Crippen molar-refractivity contribution in [2.45, 2.75) is 213 Å². The quantitative estimate of drug-likeness (QED) is 0.0211. The first-order chi connectivity index (χ1) is 38.0. The number of nitrogens with zero attached hydrogens (tertiary/aromatic N) is 1. The van der Waals surface area contributed by atoms with Crippen LogP contribution in [0.15, 0.2) is 158 Å². The van der Waals surface area contributed by atoms with E-state index in [9.17, 15) is 19.0 Å². The van der Waals surface area contributed by atoms with Crippen LogP contribution >= 0.6 is 7.82 Å². The minimum absolute atomic E-state index is 0.0131. The van der Waals surface area contributed by atoms with Crippen molar-refractivity contribution in [3.05, 3.63) is 158 Å². The molecule has 0 saturated heterocycles. The summed E-state index contributed by atoms with van der Waals surface area (Å²) in [5, 5.41) is 0. The van der Waals surface area contributed by atoms with Crippen molar-refractivity contribution in [3.8, 4) is 0 Å². The van der Waals surface area contributed by atoms with E-state index < -0.39 is 26.5 Å². The maximum absolute atomic E-state index is 12.8. The van der Waals surface area contributed by atoms with Crippen molar-refractivity contribution in [1.82, 2.24) is 0 Å². The van der Waals surface area contributed by atoms with Crippen LogP contribution in [0.1, 0.15) is 206 Å². The molecule has 9 nitrogen and oxygen atoms in total. The van der Waals surface area contributed by atoms with Crippen molar-refractivity contribution >= 4 is 19.8 Å². The van der Waals surface area contributed by atoms with Crippen LogP contribution in [0.3, 0.4) is 0 Å². The van der Waals surface area contributed by atoms with E-state index in [0.717, 1.165) is 128 Å². The average molecular weight is 1100 g/mol. The van der Waals surface area contributed by atoms with Crippen molar-refractivity contribution < 1.29 is 42.1 Å². The fourth-order valence-corrected chi connectivity index (χ4v) is 8.21. The minimum Gasteiger partial charge on any atom is -0.462 e. The monoisotopic (exact) mass is 1100 g/mol. The number of unbranched alkanes of at least 4 members (excludes halogenated alkanes) is 13. The predicted octanol–water partition coefficient (Wildman–Crippen LogP) is 19.3. The summed E-state index contributed by atoms with van der Waals surface area (Å²) in [6, 6.07) is 0. The maximum atomic E-state index is 12.8. The summed E-state index contributed by atoms with van der Waals surface area (Å²) in [6.45, 7) is 4.13. The Labute approximate surface area is 477 Å². The first kappa shape index (κ1) is 73.6.